The minimum atomic E-state index is -0.521. The second-order valence-corrected chi connectivity index (χ2v) is 8.00. The Balaban J connectivity index is 1.77. The van der Waals surface area contributed by atoms with Gasteiger partial charge in [0, 0.05) is 31.0 Å². The maximum Gasteiger partial charge on any atom is 0.254 e. The number of benzene rings is 2. The number of nitrogens with one attached hydrogen (secondary N) is 1. The first-order valence-corrected chi connectivity index (χ1v) is 10.5. The molecule has 1 aliphatic heterocycles. The van der Waals surface area contributed by atoms with Crippen LogP contribution in [0.2, 0.25) is 0 Å². The molecule has 1 fully saturated rings. The van der Waals surface area contributed by atoms with E-state index in [4.69, 9.17) is 9.47 Å². The minimum absolute atomic E-state index is 0.00465. The lowest BCUT2D eigenvalue weighted by Crippen LogP contribution is -2.60. The van der Waals surface area contributed by atoms with Crippen LogP contribution in [0.15, 0.2) is 48.5 Å². The number of nitrogens with zero attached hydrogens (tertiary/aromatic N) is 1. The summed E-state index contributed by atoms with van der Waals surface area (Å²) in [6, 6.07) is 14.9. The van der Waals surface area contributed by atoms with E-state index in [1.54, 1.807) is 14.2 Å². The van der Waals surface area contributed by atoms with E-state index in [1.807, 2.05) is 53.4 Å². The predicted molar refractivity (Wildman–Crippen MR) is 115 cm³/mol. The SMILES string of the molecule is COCCN1C(=O)c2ccccc2[C@@H](C(=O)Nc2cccc(OC)c2)C12CCCC2. The van der Waals surface area contributed by atoms with Gasteiger partial charge in [0.25, 0.3) is 5.91 Å². The van der Waals surface area contributed by atoms with E-state index in [-0.39, 0.29) is 11.8 Å². The molecule has 2 aromatic rings. The third kappa shape index (κ3) is 3.45. The molecule has 2 amide bonds. The van der Waals surface area contributed by atoms with Crippen LogP contribution in [-0.4, -0.2) is 49.6 Å². The third-order valence-corrected chi connectivity index (χ3v) is 6.41. The first kappa shape index (κ1) is 20.4. The summed E-state index contributed by atoms with van der Waals surface area (Å²) in [5.74, 6) is 0.156. The lowest BCUT2D eigenvalue weighted by Gasteiger charge is -2.50. The number of anilines is 1. The van der Waals surface area contributed by atoms with Crippen molar-refractivity contribution in [3.8, 4) is 5.75 Å². The summed E-state index contributed by atoms with van der Waals surface area (Å²) < 4.78 is 10.6. The minimum Gasteiger partial charge on any atom is -0.497 e. The Labute approximate surface area is 177 Å². The molecule has 1 saturated carbocycles. The van der Waals surface area contributed by atoms with Crippen LogP contribution in [0.25, 0.3) is 0 Å². The van der Waals surface area contributed by atoms with Crippen molar-refractivity contribution in [3.05, 3.63) is 59.7 Å². The lowest BCUT2D eigenvalue weighted by atomic mass is 9.71. The van der Waals surface area contributed by atoms with Crippen LogP contribution in [-0.2, 0) is 9.53 Å². The van der Waals surface area contributed by atoms with Crippen LogP contribution < -0.4 is 10.1 Å². The summed E-state index contributed by atoms with van der Waals surface area (Å²) in [6.07, 6.45) is 3.63. The highest BCUT2D eigenvalue weighted by Crippen LogP contribution is 2.50. The van der Waals surface area contributed by atoms with Gasteiger partial charge in [-0.3, -0.25) is 9.59 Å². The number of hydrogen-bond donors (Lipinski definition) is 1. The Hall–Kier alpha value is -2.86. The molecule has 30 heavy (non-hydrogen) atoms. The van der Waals surface area contributed by atoms with Crippen LogP contribution in [0.3, 0.4) is 0 Å². The molecule has 2 aromatic carbocycles. The van der Waals surface area contributed by atoms with Crippen LogP contribution in [0.1, 0.15) is 47.5 Å². The number of carbonyl (C=O) groups excluding carboxylic acids is 2. The number of ether oxygens (including phenoxy) is 2. The predicted octanol–water partition coefficient (Wildman–Crippen LogP) is 3.83. The van der Waals surface area contributed by atoms with E-state index >= 15 is 0 Å². The maximum atomic E-state index is 13.7. The second-order valence-electron chi connectivity index (χ2n) is 8.00. The van der Waals surface area contributed by atoms with Gasteiger partial charge in [0.1, 0.15) is 5.75 Å². The summed E-state index contributed by atoms with van der Waals surface area (Å²) >= 11 is 0. The largest absolute Gasteiger partial charge is 0.497 e. The molecule has 1 spiro atoms. The molecule has 6 nitrogen and oxygen atoms in total. The summed E-state index contributed by atoms with van der Waals surface area (Å²) in [5, 5.41) is 3.08. The zero-order valence-corrected chi connectivity index (χ0v) is 17.5. The number of amides is 2. The zero-order valence-electron chi connectivity index (χ0n) is 17.5. The molecule has 1 atom stereocenters. The highest BCUT2D eigenvalue weighted by Gasteiger charge is 2.55. The second kappa shape index (κ2) is 8.48. The van der Waals surface area contributed by atoms with Crippen molar-refractivity contribution in [2.75, 3.05) is 32.7 Å². The average Bonchev–Trinajstić information content (AvgIpc) is 3.23. The lowest BCUT2D eigenvalue weighted by molar-refractivity contribution is -0.121. The monoisotopic (exact) mass is 408 g/mol. The quantitative estimate of drug-likeness (QED) is 0.789. The van der Waals surface area contributed by atoms with E-state index in [9.17, 15) is 9.59 Å². The highest BCUT2D eigenvalue weighted by molar-refractivity contribution is 6.05. The van der Waals surface area contributed by atoms with Gasteiger partial charge in [0.05, 0.1) is 25.2 Å². The first-order chi connectivity index (χ1) is 14.6. The number of carbonyl (C=O) groups is 2. The molecule has 158 valence electrons. The molecular formula is C24H28N2O4. The summed E-state index contributed by atoms with van der Waals surface area (Å²) in [5.41, 5.74) is 1.59. The maximum absolute atomic E-state index is 13.7. The van der Waals surface area contributed by atoms with Gasteiger partial charge < -0.3 is 19.7 Å². The Morgan fingerprint density at radius 1 is 1.13 bits per heavy atom. The summed E-state index contributed by atoms with van der Waals surface area (Å²) in [6.45, 7) is 0.923. The normalized spacial score (nSPS) is 19.6. The Morgan fingerprint density at radius 2 is 1.90 bits per heavy atom. The smallest absolute Gasteiger partial charge is 0.254 e. The van der Waals surface area contributed by atoms with Crippen molar-refractivity contribution in [1.82, 2.24) is 4.90 Å². The van der Waals surface area contributed by atoms with E-state index in [0.717, 1.165) is 31.2 Å². The average molecular weight is 408 g/mol. The molecule has 1 N–H and O–H groups in total. The molecule has 6 heteroatoms. The fourth-order valence-electron chi connectivity index (χ4n) is 5.09. The molecule has 0 radical (unpaired) electrons. The van der Waals surface area contributed by atoms with Gasteiger partial charge >= 0.3 is 0 Å². The fraction of sp³-hybridized carbons (Fsp3) is 0.417. The van der Waals surface area contributed by atoms with Crippen molar-refractivity contribution in [2.24, 2.45) is 0 Å². The molecule has 1 heterocycles. The van der Waals surface area contributed by atoms with E-state index in [2.05, 4.69) is 5.32 Å². The van der Waals surface area contributed by atoms with E-state index < -0.39 is 11.5 Å². The van der Waals surface area contributed by atoms with Crippen LogP contribution in [0, 0.1) is 0 Å². The topological polar surface area (TPSA) is 67.9 Å². The number of fused-ring (bicyclic) bond motifs is 1. The van der Waals surface area contributed by atoms with Crippen LogP contribution in [0.5, 0.6) is 5.75 Å². The van der Waals surface area contributed by atoms with Gasteiger partial charge in [0.15, 0.2) is 0 Å². The Kier molecular flexibility index (Phi) is 5.77. The van der Waals surface area contributed by atoms with Gasteiger partial charge in [-0.25, -0.2) is 0 Å². The van der Waals surface area contributed by atoms with Gasteiger partial charge in [-0.2, -0.15) is 0 Å². The molecule has 0 saturated heterocycles. The van der Waals surface area contributed by atoms with Gasteiger partial charge in [-0.15, -0.1) is 0 Å². The van der Waals surface area contributed by atoms with E-state index in [1.165, 1.54) is 0 Å². The van der Waals surface area contributed by atoms with Crippen molar-refractivity contribution < 1.29 is 19.1 Å². The third-order valence-electron chi connectivity index (χ3n) is 6.41. The Morgan fingerprint density at radius 3 is 2.63 bits per heavy atom. The number of hydrogen-bond acceptors (Lipinski definition) is 4. The molecule has 4 rings (SSSR count). The molecule has 0 bridgehead atoms. The molecule has 0 unspecified atom stereocenters. The van der Waals surface area contributed by atoms with Gasteiger partial charge in [0.2, 0.25) is 5.91 Å². The van der Waals surface area contributed by atoms with Crippen molar-refractivity contribution >= 4 is 17.5 Å². The fourth-order valence-corrected chi connectivity index (χ4v) is 5.09. The van der Waals surface area contributed by atoms with E-state index in [0.29, 0.717) is 30.2 Å². The molecule has 1 aliphatic carbocycles. The van der Waals surface area contributed by atoms with Crippen molar-refractivity contribution in [1.29, 1.82) is 0 Å². The zero-order chi connectivity index (χ0) is 21.1. The number of rotatable bonds is 6. The highest BCUT2D eigenvalue weighted by atomic mass is 16.5. The van der Waals surface area contributed by atoms with Crippen molar-refractivity contribution in [2.45, 2.75) is 37.1 Å². The van der Waals surface area contributed by atoms with Gasteiger partial charge in [-0.05, 0) is 36.6 Å². The first-order valence-electron chi connectivity index (χ1n) is 10.5. The van der Waals surface area contributed by atoms with Crippen LogP contribution in [0.4, 0.5) is 5.69 Å². The Bertz CT molecular complexity index is 936. The van der Waals surface area contributed by atoms with Crippen molar-refractivity contribution in [3.63, 3.8) is 0 Å². The van der Waals surface area contributed by atoms with Gasteiger partial charge in [-0.1, -0.05) is 37.1 Å². The summed E-state index contributed by atoms with van der Waals surface area (Å²) in [4.78, 5) is 29.0. The molecule has 0 aromatic heterocycles. The number of methoxy groups -OCH3 is 2. The molecule has 2 aliphatic rings. The summed E-state index contributed by atoms with van der Waals surface area (Å²) in [7, 11) is 3.24. The standard InChI is InChI=1S/C24H28N2O4/c1-29-15-14-26-23(28)20-11-4-3-10-19(20)21(24(26)12-5-6-13-24)22(27)25-17-8-7-9-18(16-17)30-2/h3-4,7-11,16,21H,5-6,12-15H2,1-2H3,(H,25,27)/t21-/m0/s1. The van der Waals surface area contributed by atoms with Crippen LogP contribution >= 0.6 is 0 Å². The molecular weight excluding hydrogens is 380 g/mol.